The Morgan fingerprint density at radius 3 is 2.79 bits per heavy atom. The molecule has 0 aliphatic carbocycles. The monoisotopic (exact) mass is 212 g/mol. The third kappa shape index (κ3) is 3.48. The van der Waals surface area contributed by atoms with Gasteiger partial charge in [0.1, 0.15) is 6.61 Å². The van der Waals surface area contributed by atoms with Gasteiger partial charge in [-0.3, -0.25) is 4.79 Å². The van der Waals surface area contributed by atoms with E-state index < -0.39 is 0 Å². The highest BCUT2D eigenvalue weighted by molar-refractivity contribution is 6.31. The van der Waals surface area contributed by atoms with Crippen LogP contribution in [0.5, 0.6) is 0 Å². The van der Waals surface area contributed by atoms with Crippen molar-refractivity contribution in [2.45, 2.75) is 20.0 Å². The van der Waals surface area contributed by atoms with Gasteiger partial charge in [0, 0.05) is 10.6 Å². The van der Waals surface area contributed by atoms with E-state index in [2.05, 4.69) is 0 Å². The number of benzene rings is 1. The summed E-state index contributed by atoms with van der Waals surface area (Å²) in [5, 5.41) is 0.570. The molecule has 0 aliphatic heterocycles. The van der Waals surface area contributed by atoms with Gasteiger partial charge < -0.3 is 4.74 Å². The van der Waals surface area contributed by atoms with E-state index in [1.807, 2.05) is 13.8 Å². The first-order valence-corrected chi connectivity index (χ1v) is 4.88. The fraction of sp³-hybridized carbons (Fsp3) is 0.364. The lowest BCUT2D eigenvalue weighted by Crippen LogP contribution is -2.13. The molecule has 1 aromatic rings. The number of Topliss-reactive ketones (excluding diaryl/α,β-unsaturated/α-hetero) is 1. The number of carbonyl (C=O) groups is 1. The van der Waals surface area contributed by atoms with E-state index in [9.17, 15) is 4.79 Å². The van der Waals surface area contributed by atoms with Gasteiger partial charge in [0.15, 0.2) is 5.78 Å². The van der Waals surface area contributed by atoms with Crippen LogP contribution in [0.2, 0.25) is 5.02 Å². The first-order chi connectivity index (χ1) is 6.59. The third-order valence-corrected chi connectivity index (χ3v) is 1.93. The molecule has 1 aromatic carbocycles. The molecule has 76 valence electrons. The van der Waals surface area contributed by atoms with E-state index in [1.54, 1.807) is 24.3 Å². The molecular weight excluding hydrogens is 200 g/mol. The van der Waals surface area contributed by atoms with Crippen molar-refractivity contribution in [1.82, 2.24) is 0 Å². The smallest absolute Gasteiger partial charge is 0.188 e. The maximum atomic E-state index is 11.5. The number of ether oxygens (including phenoxy) is 1. The van der Waals surface area contributed by atoms with Crippen LogP contribution in [-0.2, 0) is 4.74 Å². The van der Waals surface area contributed by atoms with Gasteiger partial charge in [0.05, 0.1) is 6.10 Å². The molecular formula is C11H13ClO2. The predicted molar refractivity (Wildman–Crippen MR) is 56.9 cm³/mol. The maximum absolute atomic E-state index is 11.5. The van der Waals surface area contributed by atoms with Gasteiger partial charge in [0.25, 0.3) is 0 Å². The lowest BCUT2D eigenvalue weighted by Gasteiger charge is -2.06. The van der Waals surface area contributed by atoms with E-state index >= 15 is 0 Å². The van der Waals surface area contributed by atoms with E-state index in [4.69, 9.17) is 16.3 Å². The van der Waals surface area contributed by atoms with Gasteiger partial charge in [-0.15, -0.1) is 0 Å². The number of halogens is 1. The van der Waals surface area contributed by atoms with Crippen LogP contribution in [0.3, 0.4) is 0 Å². The second-order valence-electron chi connectivity index (χ2n) is 3.29. The summed E-state index contributed by atoms with van der Waals surface area (Å²) in [6, 6.07) is 6.87. The van der Waals surface area contributed by atoms with Crippen LogP contribution in [0.15, 0.2) is 24.3 Å². The number of carbonyl (C=O) groups excluding carboxylic acids is 1. The zero-order chi connectivity index (χ0) is 10.6. The van der Waals surface area contributed by atoms with Crippen molar-refractivity contribution in [3.63, 3.8) is 0 Å². The van der Waals surface area contributed by atoms with Crippen molar-refractivity contribution in [2.24, 2.45) is 0 Å². The van der Waals surface area contributed by atoms with Crippen LogP contribution >= 0.6 is 11.6 Å². The minimum Gasteiger partial charge on any atom is -0.371 e. The molecule has 0 heterocycles. The average molecular weight is 213 g/mol. The summed E-state index contributed by atoms with van der Waals surface area (Å²) in [7, 11) is 0. The Morgan fingerprint density at radius 2 is 2.21 bits per heavy atom. The summed E-state index contributed by atoms with van der Waals surface area (Å²) >= 11 is 5.76. The van der Waals surface area contributed by atoms with Crippen LogP contribution in [0.1, 0.15) is 24.2 Å². The fourth-order valence-electron chi connectivity index (χ4n) is 0.988. The van der Waals surface area contributed by atoms with Crippen LogP contribution < -0.4 is 0 Å². The predicted octanol–water partition coefficient (Wildman–Crippen LogP) is 2.95. The summed E-state index contributed by atoms with van der Waals surface area (Å²) in [6.45, 7) is 3.90. The molecule has 0 radical (unpaired) electrons. The standard InChI is InChI=1S/C11H13ClO2/c1-8(2)14-7-11(13)9-4-3-5-10(12)6-9/h3-6,8H,7H2,1-2H3. The molecule has 1 rings (SSSR count). The zero-order valence-electron chi connectivity index (χ0n) is 8.29. The van der Waals surface area contributed by atoms with Gasteiger partial charge in [-0.2, -0.15) is 0 Å². The molecule has 14 heavy (non-hydrogen) atoms. The lowest BCUT2D eigenvalue weighted by molar-refractivity contribution is 0.0585. The maximum Gasteiger partial charge on any atom is 0.188 e. The first-order valence-electron chi connectivity index (χ1n) is 4.50. The molecule has 0 aromatic heterocycles. The van der Waals surface area contributed by atoms with Crippen molar-refractivity contribution in [3.8, 4) is 0 Å². The Labute approximate surface area is 88.8 Å². The number of hydrogen-bond donors (Lipinski definition) is 0. The Kier molecular flexibility index (Phi) is 4.11. The van der Waals surface area contributed by atoms with Crippen molar-refractivity contribution >= 4 is 17.4 Å². The van der Waals surface area contributed by atoms with E-state index in [0.29, 0.717) is 10.6 Å². The van der Waals surface area contributed by atoms with Gasteiger partial charge >= 0.3 is 0 Å². The van der Waals surface area contributed by atoms with Crippen molar-refractivity contribution in [2.75, 3.05) is 6.61 Å². The molecule has 3 heteroatoms. The number of rotatable bonds is 4. The number of hydrogen-bond acceptors (Lipinski definition) is 2. The van der Waals surface area contributed by atoms with Gasteiger partial charge in [0.2, 0.25) is 0 Å². The lowest BCUT2D eigenvalue weighted by atomic mass is 10.1. The second-order valence-corrected chi connectivity index (χ2v) is 3.73. The summed E-state index contributed by atoms with van der Waals surface area (Å²) in [5.74, 6) is -0.0406. The molecule has 0 spiro atoms. The zero-order valence-corrected chi connectivity index (χ0v) is 9.04. The van der Waals surface area contributed by atoms with E-state index in [1.165, 1.54) is 0 Å². The topological polar surface area (TPSA) is 26.3 Å². The Morgan fingerprint density at radius 1 is 1.50 bits per heavy atom. The van der Waals surface area contributed by atoms with Crippen LogP contribution in [0.4, 0.5) is 0 Å². The quantitative estimate of drug-likeness (QED) is 0.718. The third-order valence-electron chi connectivity index (χ3n) is 1.69. The van der Waals surface area contributed by atoms with E-state index in [-0.39, 0.29) is 18.5 Å². The average Bonchev–Trinajstić information content (AvgIpc) is 2.14. The Hall–Kier alpha value is -0.860. The highest BCUT2D eigenvalue weighted by atomic mass is 35.5. The van der Waals surface area contributed by atoms with Crippen molar-refractivity contribution < 1.29 is 9.53 Å². The normalized spacial score (nSPS) is 10.6. The van der Waals surface area contributed by atoms with Gasteiger partial charge in [-0.25, -0.2) is 0 Å². The highest BCUT2D eigenvalue weighted by Gasteiger charge is 2.06. The molecule has 0 aliphatic rings. The minimum absolute atomic E-state index is 0.0406. The van der Waals surface area contributed by atoms with Crippen molar-refractivity contribution in [1.29, 1.82) is 0 Å². The molecule has 0 fully saturated rings. The number of ketones is 1. The molecule has 0 unspecified atom stereocenters. The first kappa shape index (κ1) is 11.2. The van der Waals surface area contributed by atoms with E-state index in [0.717, 1.165) is 0 Å². The SMILES string of the molecule is CC(C)OCC(=O)c1cccc(Cl)c1. The molecule has 2 nitrogen and oxygen atoms in total. The molecule has 0 saturated heterocycles. The molecule has 0 amide bonds. The van der Waals surface area contributed by atoms with Gasteiger partial charge in [-0.05, 0) is 26.0 Å². The molecule has 0 saturated carbocycles. The summed E-state index contributed by atoms with van der Waals surface area (Å²) < 4.78 is 5.21. The highest BCUT2D eigenvalue weighted by Crippen LogP contribution is 2.11. The molecule has 0 N–H and O–H groups in total. The van der Waals surface area contributed by atoms with Crippen LogP contribution in [-0.4, -0.2) is 18.5 Å². The van der Waals surface area contributed by atoms with Crippen LogP contribution in [0, 0.1) is 0 Å². The van der Waals surface area contributed by atoms with Crippen LogP contribution in [0.25, 0.3) is 0 Å². The summed E-state index contributed by atoms with van der Waals surface area (Å²) in [6.07, 6.45) is 0.0677. The largest absolute Gasteiger partial charge is 0.371 e. The van der Waals surface area contributed by atoms with Crippen molar-refractivity contribution in [3.05, 3.63) is 34.9 Å². The molecule has 0 atom stereocenters. The molecule has 0 bridgehead atoms. The Balaban J connectivity index is 2.61. The Bertz CT molecular complexity index is 321. The summed E-state index contributed by atoms with van der Waals surface area (Å²) in [5.41, 5.74) is 0.596. The van der Waals surface area contributed by atoms with Gasteiger partial charge in [-0.1, -0.05) is 23.7 Å². The fourth-order valence-corrected chi connectivity index (χ4v) is 1.18. The second kappa shape index (κ2) is 5.13. The minimum atomic E-state index is -0.0406. The summed E-state index contributed by atoms with van der Waals surface area (Å²) in [4.78, 5) is 11.5.